The standard InChI is InChI=1S/C9H10O3S/c10-4-2-1-3-7-5-13-6-8(7)9(11)12/h1,3,5-6,10H,2,4H2,(H,11,12). The van der Waals surface area contributed by atoms with Gasteiger partial charge in [0.2, 0.25) is 0 Å². The van der Waals surface area contributed by atoms with E-state index in [0.29, 0.717) is 17.5 Å². The van der Waals surface area contributed by atoms with Gasteiger partial charge < -0.3 is 10.2 Å². The van der Waals surface area contributed by atoms with Crippen molar-refractivity contribution in [1.29, 1.82) is 0 Å². The van der Waals surface area contributed by atoms with E-state index >= 15 is 0 Å². The first-order chi connectivity index (χ1) is 6.25. The predicted molar refractivity (Wildman–Crippen MR) is 52.0 cm³/mol. The van der Waals surface area contributed by atoms with E-state index in [2.05, 4.69) is 0 Å². The van der Waals surface area contributed by atoms with Gasteiger partial charge in [-0.05, 0) is 17.4 Å². The zero-order chi connectivity index (χ0) is 9.68. The number of aromatic carboxylic acids is 1. The van der Waals surface area contributed by atoms with Crippen LogP contribution in [0.1, 0.15) is 22.3 Å². The molecule has 0 saturated carbocycles. The molecule has 1 heterocycles. The quantitative estimate of drug-likeness (QED) is 0.776. The van der Waals surface area contributed by atoms with E-state index in [4.69, 9.17) is 10.2 Å². The van der Waals surface area contributed by atoms with Gasteiger partial charge in [0.05, 0.1) is 5.56 Å². The average molecular weight is 198 g/mol. The molecule has 70 valence electrons. The Labute approximate surface area is 80.0 Å². The van der Waals surface area contributed by atoms with Crippen molar-refractivity contribution in [2.75, 3.05) is 6.61 Å². The highest BCUT2D eigenvalue weighted by atomic mass is 32.1. The maximum atomic E-state index is 10.6. The third kappa shape index (κ3) is 2.68. The highest BCUT2D eigenvalue weighted by molar-refractivity contribution is 7.08. The highest BCUT2D eigenvalue weighted by Crippen LogP contribution is 2.16. The molecular weight excluding hydrogens is 188 g/mol. The molecule has 0 unspecified atom stereocenters. The number of aliphatic hydroxyl groups is 1. The molecule has 0 saturated heterocycles. The Kier molecular flexibility index (Phi) is 3.67. The lowest BCUT2D eigenvalue weighted by Gasteiger charge is -1.91. The molecule has 4 heteroatoms. The molecule has 0 fully saturated rings. The smallest absolute Gasteiger partial charge is 0.337 e. The lowest BCUT2D eigenvalue weighted by Crippen LogP contribution is -1.95. The van der Waals surface area contributed by atoms with Crippen LogP contribution in [0.25, 0.3) is 6.08 Å². The number of rotatable bonds is 4. The number of carbonyl (C=O) groups is 1. The Hall–Kier alpha value is -1.13. The Morgan fingerprint density at radius 3 is 2.92 bits per heavy atom. The molecule has 0 spiro atoms. The second kappa shape index (κ2) is 4.79. The molecule has 1 rings (SSSR count). The van der Waals surface area contributed by atoms with Gasteiger partial charge in [0.15, 0.2) is 0 Å². The Morgan fingerprint density at radius 1 is 1.54 bits per heavy atom. The molecule has 0 radical (unpaired) electrons. The van der Waals surface area contributed by atoms with Crippen LogP contribution in [-0.2, 0) is 0 Å². The van der Waals surface area contributed by atoms with Gasteiger partial charge in [-0.25, -0.2) is 4.79 Å². The zero-order valence-electron chi connectivity index (χ0n) is 6.93. The summed E-state index contributed by atoms with van der Waals surface area (Å²) in [5.41, 5.74) is 1.02. The van der Waals surface area contributed by atoms with Crippen molar-refractivity contribution in [2.24, 2.45) is 0 Å². The SMILES string of the molecule is O=C(O)c1cscc1C=CCCO. The molecule has 13 heavy (non-hydrogen) atoms. The van der Waals surface area contributed by atoms with Crippen LogP contribution in [0, 0.1) is 0 Å². The lowest BCUT2D eigenvalue weighted by molar-refractivity contribution is 0.0697. The minimum Gasteiger partial charge on any atom is -0.478 e. The van der Waals surface area contributed by atoms with Gasteiger partial charge in [0, 0.05) is 12.0 Å². The summed E-state index contributed by atoms with van der Waals surface area (Å²) in [6.45, 7) is 0.0864. The first-order valence-electron chi connectivity index (χ1n) is 3.82. The maximum absolute atomic E-state index is 10.6. The van der Waals surface area contributed by atoms with Crippen LogP contribution in [0.15, 0.2) is 16.8 Å². The van der Waals surface area contributed by atoms with E-state index in [0.717, 1.165) is 0 Å². The van der Waals surface area contributed by atoms with Crippen LogP contribution >= 0.6 is 11.3 Å². The third-order valence-corrected chi connectivity index (χ3v) is 2.28. The fourth-order valence-electron chi connectivity index (χ4n) is 0.895. The van der Waals surface area contributed by atoms with Crippen molar-refractivity contribution in [3.63, 3.8) is 0 Å². The molecule has 0 aliphatic carbocycles. The number of thiophene rings is 1. The lowest BCUT2D eigenvalue weighted by atomic mass is 10.2. The number of hydrogen-bond donors (Lipinski definition) is 2. The second-order valence-electron chi connectivity index (χ2n) is 2.46. The van der Waals surface area contributed by atoms with E-state index < -0.39 is 5.97 Å². The molecule has 2 N–H and O–H groups in total. The number of carboxylic acid groups (broad SMARTS) is 1. The van der Waals surface area contributed by atoms with E-state index in [-0.39, 0.29) is 6.61 Å². The summed E-state index contributed by atoms with van der Waals surface area (Å²) in [5, 5.41) is 20.6. The summed E-state index contributed by atoms with van der Waals surface area (Å²) < 4.78 is 0. The van der Waals surface area contributed by atoms with Gasteiger partial charge >= 0.3 is 5.97 Å². The molecular formula is C9H10O3S. The molecule has 0 aliphatic heterocycles. The average Bonchev–Trinajstić information content (AvgIpc) is 2.53. The largest absolute Gasteiger partial charge is 0.478 e. The molecule has 1 aromatic heterocycles. The van der Waals surface area contributed by atoms with Gasteiger partial charge in [0.25, 0.3) is 0 Å². The third-order valence-electron chi connectivity index (χ3n) is 1.52. The van der Waals surface area contributed by atoms with Gasteiger partial charge in [0.1, 0.15) is 0 Å². The minimum atomic E-state index is -0.912. The maximum Gasteiger partial charge on any atom is 0.337 e. The summed E-state index contributed by atoms with van der Waals surface area (Å²) in [5.74, 6) is -0.912. The first-order valence-corrected chi connectivity index (χ1v) is 4.77. The zero-order valence-corrected chi connectivity index (χ0v) is 7.75. The van der Waals surface area contributed by atoms with Crippen molar-refractivity contribution in [3.8, 4) is 0 Å². The summed E-state index contributed by atoms with van der Waals surface area (Å²) >= 11 is 1.36. The van der Waals surface area contributed by atoms with E-state index in [1.54, 1.807) is 22.9 Å². The summed E-state index contributed by atoms with van der Waals surface area (Å²) in [6, 6.07) is 0. The Bertz CT molecular complexity index is 314. The van der Waals surface area contributed by atoms with Gasteiger partial charge in [-0.1, -0.05) is 12.2 Å². The number of hydrogen-bond acceptors (Lipinski definition) is 3. The number of carboxylic acids is 1. The fraction of sp³-hybridized carbons (Fsp3) is 0.222. The normalized spacial score (nSPS) is 10.8. The van der Waals surface area contributed by atoms with Crippen LogP contribution in [0.2, 0.25) is 0 Å². The van der Waals surface area contributed by atoms with E-state index in [1.807, 2.05) is 0 Å². The highest BCUT2D eigenvalue weighted by Gasteiger charge is 2.07. The van der Waals surface area contributed by atoms with Crippen molar-refractivity contribution >= 4 is 23.4 Å². The molecule has 3 nitrogen and oxygen atoms in total. The second-order valence-corrected chi connectivity index (χ2v) is 3.20. The van der Waals surface area contributed by atoms with Crippen molar-refractivity contribution < 1.29 is 15.0 Å². The Morgan fingerprint density at radius 2 is 2.31 bits per heavy atom. The van der Waals surface area contributed by atoms with Crippen LogP contribution in [-0.4, -0.2) is 22.8 Å². The predicted octanol–water partition coefficient (Wildman–Crippen LogP) is 1.84. The molecule has 0 aliphatic rings. The first kappa shape index (κ1) is 9.95. The molecule has 0 bridgehead atoms. The fourth-order valence-corrected chi connectivity index (χ4v) is 1.69. The van der Waals surface area contributed by atoms with Crippen molar-refractivity contribution in [2.45, 2.75) is 6.42 Å². The van der Waals surface area contributed by atoms with Gasteiger partial charge in [-0.15, -0.1) is 0 Å². The summed E-state index contributed by atoms with van der Waals surface area (Å²) in [7, 11) is 0. The van der Waals surface area contributed by atoms with E-state index in [1.165, 1.54) is 11.3 Å². The van der Waals surface area contributed by atoms with E-state index in [9.17, 15) is 4.79 Å². The molecule has 1 aromatic rings. The van der Waals surface area contributed by atoms with Crippen LogP contribution in [0.5, 0.6) is 0 Å². The summed E-state index contributed by atoms with van der Waals surface area (Å²) in [6.07, 6.45) is 4.03. The Balaban J connectivity index is 2.76. The number of aliphatic hydroxyl groups excluding tert-OH is 1. The van der Waals surface area contributed by atoms with Crippen molar-refractivity contribution in [1.82, 2.24) is 0 Å². The van der Waals surface area contributed by atoms with Crippen LogP contribution in [0.4, 0.5) is 0 Å². The van der Waals surface area contributed by atoms with Crippen LogP contribution < -0.4 is 0 Å². The van der Waals surface area contributed by atoms with Crippen LogP contribution in [0.3, 0.4) is 0 Å². The molecule has 0 atom stereocenters. The van der Waals surface area contributed by atoms with Gasteiger partial charge in [-0.2, -0.15) is 11.3 Å². The topological polar surface area (TPSA) is 57.5 Å². The minimum absolute atomic E-state index is 0.0864. The molecule has 0 amide bonds. The molecule has 0 aromatic carbocycles. The monoisotopic (exact) mass is 198 g/mol. The summed E-state index contributed by atoms with van der Waals surface area (Å²) in [4.78, 5) is 10.6. The van der Waals surface area contributed by atoms with Gasteiger partial charge in [-0.3, -0.25) is 0 Å². The van der Waals surface area contributed by atoms with Crippen molar-refractivity contribution in [3.05, 3.63) is 28.0 Å².